The van der Waals surface area contributed by atoms with Crippen molar-refractivity contribution in [1.82, 2.24) is 24.6 Å². The lowest BCUT2D eigenvalue weighted by molar-refractivity contribution is -0.115. The van der Waals surface area contributed by atoms with Gasteiger partial charge in [0, 0.05) is 24.2 Å². The lowest BCUT2D eigenvalue weighted by Gasteiger charge is -2.34. The van der Waals surface area contributed by atoms with Crippen LogP contribution in [0.15, 0.2) is 64.4 Å². The normalized spacial score (nSPS) is 15.2. The maximum Gasteiger partial charge on any atom is 0.405 e. The van der Waals surface area contributed by atoms with E-state index < -0.39 is 32.8 Å². The van der Waals surface area contributed by atoms with Crippen molar-refractivity contribution in [2.45, 2.75) is 61.3 Å². The second-order valence-electron chi connectivity index (χ2n) is 11.6. The second kappa shape index (κ2) is 14.1. The highest BCUT2D eigenvalue weighted by Crippen LogP contribution is 2.31. The molecule has 48 heavy (non-hydrogen) atoms. The van der Waals surface area contributed by atoms with E-state index >= 15 is 0 Å². The molecule has 0 amide bonds. The van der Waals surface area contributed by atoms with E-state index in [1.807, 2.05) is 0 Å². The zero-order chi connectivity index (χ0) is 34.9. The minimum Gasteiger partial charge on any atom is -0.359 e. The van der Waals surface area contributed by atoms with E-state index in [1.165, 1.54) is 42.5 Å². The molecular formula is C30H34ClF3N8O4S2. The van der Waals surface area contributed by atoms with Crippen LogP contribution < -0.4 is 20.5 Å². The number of hydrogen-bond acceptors (Lipinski definition) is 10. The highest BCUT2D eigenvalue weighted by molar-refractivity contribution is 7.89. The fraction of sp³-hybridized carbons (Fsp3) is 0.367. The standard InChI is InChI=1S/C30H34ClF3N8O4S2/c1-18(2)42-13-11-21(12-14-42)41-48(45,46)26-15-20(5-8-23(26)31)24-9-10-25-27(38-24)28(37-17-30(32,33)34)40-29(39-25)36-16-19-3-6-22(7-4-19)47(35,43)44/h3-10,15,18,21,41H,11-14,16-17H2,1-2H3,(H2,35,43,44)(H2,36,37,39,40). The molecule has 1 saturated heterocycles. The number of piperidine rings is 1. The van der Waals surface area contributed by atoms with Gasteiger partial charge in [0.2, 0.25) is 26.0 Å². The lowest BCUT2D eigenvalue weighted by Crippen LogP contribution is -2.46. The summed E-state index contributed by atoms with van der Waals surface area (Å²) in [6.45, 7) is 4.43. The lowest BCUT2D eigenvalue weighted by atomic mass is 10.1. The van der Waals surface area contributed by atoms with Crippen molar-refractivity contribution in [3.8, 4) is 11.3 Å². The van der Waals surface area contributed by atoms with Gasteiger partial charge >= 0.3 is 6.18 Å². The number of fused-ring (bicyclic) bond motifs is 1. The van der Waals surface area contributed by atoms with E-state index in [1.54, 1.807) is 12.1 Å². The molecule has 1 aliphatic heterocycles. The van der Waals surface area contributed by atoms with Crippen LogP contribution in [-0.2, 0) is 26.6 Å². The van der Waals surface area contributed by atoms with Crippen LogP contribution in [0.3, 0.4) is 0 Å². The van der Waals surface area contributed by atoms with Crippen molar-refractivity contribution < 1.29 is 30.0 Å². The van der Waals surface area contributed by atoms with Gasteiger partial charge in [-0.2, -0.15) is 18.2 Å². The molecule has 18 heteroatoms. The minimum absolute atomic E-state index is 0.0116. The first-order valence-electron chi connectivity index (χ1n) is 14.9. The van der Waals surface area contributed by atoms with Crippen LogP contribution in [0.4, 0.5) is 24.9 Å². The molecule has 4 aromatic rings. The molecule has 2 aromatic heterocycles. The molecule has 0 atom stereocenters. The van der Waals surface area contributed by atoms with Crippen molar-refractivity contribution in [2.75, 3.05) is 30.3 Å². The van der Waals surface area contributed by atoms with Crippen molar-refractivity contribution in [3.63, 3.8) is 0 Å². The van der Waals surface area contributed by atoms with Gasteiger partial charge < -0.3 is 15.5 Å². The molecule has 0 unspecified atom stereocenters. The minimum atomic E-state index is -4.56. The fourth-order valence-electron chi connectivity index (χ4n) is 5.22. The fourth-order valence-corrected chi connectivity index (χ4v) is 7.57. The first-order valence-corrected chi connectivity index (χ1v) is 18.3. The summed E-state index contributed by atoms with van der Waals surface area (Å²) in [4.78, 5) is 15.2. The van der Waals surface area contributed by atoms with E-state index in [9.17, 15) is 30.0 Å². The van der Waals surface area contributed by atoms with Crippen LogP contribution in [0.25, 0.3) is 22.3 Å². The summed E-state index contributed by atoms with van der Waals surface area (Å²) in [5.74, 6) is -0.218. The first kappa shape index (κ1) is 35.7. The third-order valence-electron chi connectivity index (χ3n) is 7.80. The zero-order valence-corrected chi connectivity index (χ0v) is 28.3. The van der Waals surface area contributed by atoms with Gasteiger partial charge in [-0.05, 0) is 81.7 Å². The number of likely N-dealkylation sites (tertiary alicyclic amines) is 1. The molecule has 5 rings (SSSR count). The molecule has 5 N–H and O–H groups in total. The smallest absolute Gasteiger partial charge is 0.359 e. The molecule has 0 aliphatic carbocycles. The molecule has 1 fully saturated rings. The second-order valence-corrected chi connectivity index (χ2v) is 15.3. The Kier molecular flexibility index (Phi) is 10.5. The summed E-state index contributed by atoms with van der Waals surface area (Å²) < 4.78 is 92.3. The number of sulfonamides is 2. The molecule has 12 nitrogen and oxygen atoms in total. The average Bonchev–Trinajstić information content (AvgIpc) is 3.02. The number of alkyl halides is 3. The van der Waals surface area contributed by atoms with Crippen LogP contribution in [-0.4, -0.2) is 74.6 Å². The molecule has 3 heterocycles. The number of rotatable bonds is 11. The van der Waals surface area contributed by atoms with Crippen LogP contribution in [0.5, 0.6) is 0 Å². The van der Waals surface area contributed by atoms with E-state index in [-0.39, 0.29) is 55.9 Å². The number of primary sulfonamides is 1. The van der Waals surface area contributed by atoms with Gasteiger partial charge in [-0.1, -0.05) is 29.8 Å². The molecule has 1 aliphatic rings. The highest BCUT2D eigenvalue weighted by Gasteiger charge is 2.29. The van der Waals surface area contributed by atoms with Gasteiger partial charge in [0.25, 0.3) is 0 Å². The van der Waals surface area contributed by atoms with Crippen LogP contribution in [0.1, 0.15) is 32.3 Å². The molecule has 0 spiro atoms. The SMILES string of the molecule is CC(C)N1CCC(NS(=O)(=O)c2cc(-c3ccc4nc(NCc5ccc(S(N)(=O)=O)cc5)nc(NCC(F)(F)F)c4n3)ccc2Cl)CC1. The topological polar surface area (TPSA) is 172 Å². The number of hydrogen-bond donors (Lipinski definition) is 4. The maximum atomic E-state index is 13.4. The Morgan fingerprint density at radius 3 is 2.27 bits per heavy atom. The molecule has 2 aromatic carbocycles. The predicted molar refractivity (Wildman–Crippen MR) is 178 cm³/mol. The summed E-state index contributed by atoms with van der Waals surface area (Å²) in [5, 5.41) is 10.3. The van der Waals surface area contributed by atoms with Crippen molar-refractivity contribution in [2.24, 2.45) is 5.14 Å². The molecule has 0 radical (unpaired) electrons. The van der Waals surface area contributed by atoms with Gasteiger partial charge in [0.05, 0.1) is 21.1 Å². The van der Waals surface area contributed by atoms with E-state index in [0.717, 1.165) is 13.1 Å². The molecule has 258 valence electrons. The third kappa shape index (κ3) is 8.89. The van der Waals surface area contributed by atoms with Crippen molar-refractivity contribution in [3.05, 3.63) is 65.2 Å². The zero-order valence-electron chi connectivity index (χ0n) is 25.9. The maximum absolute atomic E-state index is 13.4. The molecule has 0 saturated carbocycles. The van der Waals surface area contributed by atoms with E-state index in [4.69, 9.17) is 16.7 Å². The van der Waals surface area contributed by atoms with Crippen molar-refractivity contribution >= 4 is 54.4 Å². The number of nitrogens with zero attached hydrogens (tertiary/aromatic N) is 4. The summed E-state index contributed by atoms with van der Waals surface area (Å²) in [5.41, 5.74) is 1.49. The Morgan fingerprint density at radius 1 is 0.958 bits per heavy atom. The van der Waals surface area contributed by atoms with Crippen molar-refractivity contribution in [1.29, 1.82) is 0 Å². The molecular weight excluding hydrogens is 693 g/mol. The highest BCUT2D eigenvalue weighted by atomic mass is 35.5. The Balaban J connectivity index is 1.42. The van der Waals surface area contributed by atoms with E-state index in [2.05, 4.69) is 49.1 Å². The summed E-state index contributed by atoms with van der Waals surface area (Å²) in [6, 6.07) is 13.3. The number of halogens is 4. The number of nitrogens with two attached hydrogens (primary N) is 1. The average molecular weight is 727 g/mol. The first-order chi connectivity index (χ1) is 22.5. The monoisotopic (exact) mass is 726 g/mol. The Bertz CT molecular complexity index is 2010. The van der Waals surface area contributed by atoms with Gasteiger partial charge in [-0.15, -0.1) is 0 Å². The Hall–Kier alpha value is -3.61. The third-order valence-corrected chi connectivity index (χ3v) is 10.7. The quantitative estimate of drug-likeness (QED) is 0.169. The van der Waals surface area contributed by atoms with E-state index in [0.29, 0.717) is 30.0 Å². The number of aromatic nitrogens is 3. The van der Waals surface area contributed by atoms with Crippen LogP contribution in [0, 0.1) is 0 Å². The number of pyridine rings is 1. The van der Waals surface area contributed by atoms with Gasteiger partial charge in [-0.3, -0.25) is 0 Å². The number of anilines is 2. The molecule has 0 bridgehead atoms. The van der Waals surface area contributed by atoms with Gasteiger partial charge in [0.1, 0.15) is 17.0 Å². The summed E-state index contributed by atoms with van der Waals surface area (Å²) >= 11 is 6.35. The van der Waals surface area contributed by atoms with Crippen LogP contribution >= 0.6 is 11.6 Å². The van der Waals surface area contributed by atoms with Crippen LogP contribution in [0.2, 0.25) is 5.02 Å². The largest absolute Gasteiger partial charge is 0.405 e. The number of benzene rings is 2. The summed E-state index contributed by atoms with van der Waals surface area (Å²) in [6.07, 6.45) is -3.27. The summed E-state index contributed by atoms with van der Waals surface area (Å²) in [7, 11) is -7.89. The van der Waals surface area contributed by atoms with Gasteiger partial charge in [-0.25, -0.2) is 36.7 Å². The predicted octanol–water partition coefficient (Wildman–Crippen LogP) is 4.73. The Labute approximate surface area is 281 Å². The van der Waals surface area contributed by atoms with Gasteiger partial charge in [0.15, 0.2) is 5.82 Å². The number of nitrogens with one attached hydrogen (secondary N) is 3. The Morgan fingerprint density at radius 2 is 1.65 bits per heavy atom.